The van der Waals surface area contributed by atoms with E-state index >= 15 is 0 Å². The van der Waals surface area contributed by atoms with Crippen LogP contribution < -0.4 is 21.7 Å². The molecular formula is C19H24N6O4. The van der Waals surface area contributed by atoms with Gasteiger partial charge in [0.1, 0.15) is 24.1 Å². The highest BCUT2D eigenvalue weighted by Gasteiger charge is 2.24. The second-order valence-corrected chi connectivity index (χ2v) is 7.00. The van der Waals surface area contributed by atoms with Gasteiger partial charge in [0.2, 0.25) is 5.88 Å². The molecule has 1 heterocycles. The molecule has 2 rings (SSSR count). The minimum atomic E-state index is -1.14. The predicted octanol–water partition coefficient (Wildman–Crippen LogP) is 0.756. The van der Waals surface area contributed by atoms with Crippen LogP contribution in [0.1, 0.15) is 36.7 Å². The number of nitrogen functional groups attached to an aromatic ring is 1. The lowest BCUT2D eigenvalue weighted by Crippen LogP contribution is -2.34. The van der Waals surface area contributed by atoms with E-state index in [4.69, 9.17) is 26.3 Å². The number of rotatable bonds is 8. The first-order chi connectivity index (χ1) is 13.6. The van der Waals surface area contributed by atoms with Crippen molar-refractivity contribution in [1.29, 1.82) is 5.26 Å². The Bertz CT molecular complexity index is 920. The van der Waals surface area contributed by atoms with E-state index in [2.05, 4.69) is 15.4 Å². The Hall–Kier alpha value is -3.26. The summed E-state index contributed by atoms with van der Waals surface area (Å²) in [7, 11) is 0. The number of hydrogen-bond donors (Lipinski definition) is 4. The number of anilines is 1. The van der Waals surface area contributed by atoms with Gasteiger partial charge in [-0.3, -0.25) is 9.63 Å². The molecule has 0 unspecified atom stereocenters. The molecule has 0 aliphatic heterocycles. The highest BCUT2D eigenvalue weighted by molar-refractivity contribution is 6.00. The molecule has 0 spiro atoms. The van der Waals surface area contributed by atoms with Crippen molar-refractivity contribution in [2.24, 2.45) is 5.73 Å². The molecule has 2 aromatic rings. The molecular weight excluding hydrogens is 376 g/mol. The molecule has 154 valence electrons. The van der Waals surface area contributed by atoms with E-state index in [1.54, 1.807) is 31.2 Å². The number of amides is 1. The Balaban J connectivity index is 2.42. The molecule has 0 saturated heterocycles. The minimum Gasteiger partial charge on any atom is -0.473 e. The van der Waals surface area contributed by atoms with Gasteiger partial charge in [0.15, 0.2) is 5.82 Å². The number of nitriles is 1. The zero-order valence-corrected chi connectivity index (χ0v) is 16.5. The molecule has 0 bridgehead atoms. The lowest BCUT2D eigenvalue weighted by atomic mass is 10.1. The van der Waals surface area contributed by atoms with Crippen LogP contribution in [0.3, 0.4) is 0 Å². The van der Waals surface area contributed by atoms with Gasteiger partial charge in [0.05, 0.1) is 17.2 Å². The van der Waals surface area contributed by atoms with E-state index in [1.807, 2.05) is 6.07 Å². The van der Waals surface area contributed by atoms with E-state index in [1.165, 1.54) is 13.8 Å². The summed E-state index contributed by atoms with van der Waals surface area (Å²) in [5.41, 5.74) is 13.5. The number of hydrogen-bond acceptors (Lipinski definition) is 9. The molecule has 1 atom stereocenters. The molecule has 1 amide bonds. The lowest BCUT2D eigenvalue weighted by Gasteiger charge is -2.19. The van der Waals surface area contributed by atoms with Gasteiger partial charge in [-0.15, -0.1) is 0 Å². The van der Waals surface area contributed by atoms with Crippen molar-refractivity contribution < 1.29 is 19.5 Å². The van der Waals surface area contributed by atoms with Gasteiger partial charge in [-0.05, 0) is 32.9 Å². The number of nitrogens with one attached hydrogen (secondary N) is 1. The third-order valence-corrected chi connectivity index (χ3v) is 3.62. The topological polar surface area (TPSA) is 169 Å². The van der Waals surface area contributed by atoms with Crippen molar-refractivity contribution in [3.63, 3.8) is 0 Å². The Morgan fingerprint density at radius 3 is 2.76 bits per heavy atom. The molecule has 0 radical (unpaired) electrons. The summed E-state index contributed by atoms with van der Waals surface area (Å²) in [5.74, 6) is -0.755. The van der Waals surface area contributed by atoms with E-state index in [0.717, 1.165) is 0 Å². The molecule has 0 aliphatic carbocycles. The third-order valence-electron chi connectivity index (χ3n) is 3.62. The zero-order valence-electron chi connectivity index (χ0n) is 16.5. The smallest absolute Gasteiger partial charge is 0.284 e. The average Bonchev–Trinajstić information content (AvgIpc) is 2.66. The molecule has 0 aliphatic rings. The molecule has 6 N–H and O–H groups in total. The van der Waals surface area contributed by atoms with Crippen molar-refractivity contribution in [3.05, 3.63) is 35.4 Å². The van der Waals surface area contributed by atoms with Crippen molar-refractivity contribution in [3.8, 4) is 23.3 Å². The Kier molecular flexibility index (Phi) is 7.06. The monoisotopic (exact) mass is 400 g/mol. The summed E-state index contributed by atoms with van der Waals surface area (Å²) >= 11 is 0. The van der Waals surface area contributed by atoms with Gasteiger partial charge in [0, 0.05) is 12.1 Å². The quantitative estimate of drug-likeness (QED) is 0.467. The molecule has 1 aromatic heterocycles. The van der Waals surface area contributed by atoms with Crippen LogP contribution in [0.25, 0.3) is 11.4 Å². The number of hydroxylamine groups is 1. The van der Waals surface area contributed by atoms with Gasteiger partial charge in [-0.25, -0.2) is 10.5 Å². The molecule has 1 aromatic carbocycles. The average molecular weight is 400 g/mol. The second-order valence-electron chi connectivity index (χ2n) is 7.00. The highest BCUT2D eigenvalue weighted by atomic mass is 16.7. The van der Waals surface area contributed by atoms with Crippen molar-refractivity contribution in [1.82, 2.24) is 15.4 Å². The first kappa shape index (κ1) is 22.0. The van der Waals surface area contributed by atoms with Crippen LogP contribution in [0.2, 0.25) is 0 Å². The maximum absolute atomic E-state index is 12.6. The van der Waals surface area contributed by atoms with E-state index in [0.29, 0.717) is 11.1 Å². The fourth-order valence-corrected chi connectivity index (χ4v) is 2.18. The number of benzene rings is 1. The molecule has 10 heteroatoms. The Morgan fingerprint density at radius 1 is 1.41 bits per heavy atom. The van der Waals surface area contributed by atoms with Crippen LogP contribution in [0.15, 0.2) is 24.3 Å². The van der Waals surface area contributed by atoms with Crippen LogP contribution in [0.4, 0.5) is 5.82 Å². The predicted molar refractivity (Wildman–Crippen MR) is 105 cm³/mol. The number of carbonyl (C=O) groups excluding carboxylic acids is 1. The van der Waals surface area contributed by atoms with Crippen LogP contribution in [-0.2, 0) is 4.84 Å². The largest absolute Gasteiger partial charge is 0.473 e. The van der Waals surface area contributed by atoms with Crippen LogP contribution >= 0.6 is 0 Å². The van der Waals surface area contributed by atoms with Crippen molar-refractivity contribution in [2.75, 3.05) is 18.9 Å². The lowest BCUT2D eigenvalue weighted by molar-refractivity contribution is -0.0523. The first-order valence-electron chi connectivity index (χ1n) is 8.84. The van der Waals surface area contributed by atoms with Crippen LogP contribution in [-0.4, -0.2) is 45.8 Å². The molecule has 10 nitrogen and oxygen atoms in total. The van der Waals surface area contributed by atoms with E-state index in [9.17, 15) is 9.90 Å². The zero-order chi connectivity index (χ0) is 21.6. The fourth-order valence-electron chi connectivity index (χ4n) is 2.18. The van der Waals surface area contributed by atoms with Gasteiger partial charge in [-0.2, -0.15) is 10.2 Å². The Morgan fingerprint density at radius 2 is 2.14 bits per heavy atom. The second kappa shape index (κ2) is 9.29. The van der Waals surface area contributed by atoms with Gasteiger partial charge < -0.3 is 21.3 Å². The highest BCUT2D eigenvalue weighted by Crippen LogP contribution is 2.27. The van der Waals surface area contributed by atoms with Crippen LogP contribution in [0, 0.1) is 11.3 Å². The van der Waals surface area contributed by atoms with Crippen molar-refractivity contribution >= 4 is 11.7 Å². The number of nitrogens with two attached hydrogens (primary N) is 2. The fraction of sp³-hybridized carbons (Fsp3) is 0.368. The minimum absolute atomic E-state index is 0.0721. The number of aliphatic hydroxyl groups is 1. The molecule has 29 heavy (non-hydrogen) atoms. The van der Waals surface area contributed by atoms with Gasteiger partial charge in [0.25, 0.3) is 5.91 Å². The maximum atomic E-state index is 12.6. The third kappa shape index (κ3) is 6.11. The van der Waals surface area contributed by atoms with Crippen LogP contribution in [0.5, 0.6) is 5.88 Å². The van der Waals surface area contributed by atoms with E-state index < -0.39 is 17.6 Å². The summed E-state index contributed by atoms with van der Waals surface area (Å²) in [6.07, 6.45) is -0.452. The number of ether oxygens (including phenoxy) is 1. The summed E-state index contributed by atoms with van der Waals surface area (Å²) in [6.45, 7) is 4.80. The number of carbonyl (C=O) groups is 1. The normalized spacial score (nSPS) is 12.1. The summed E-state index contributed by atoms with van der Waals surface area (Å²) < 4.78 is 5.68. The summed E-state index contributed by atoms with van der Waals surface area (Å²) in [5, 5.41) is 18.8. The SMILES string of the molecule is C[C@@H](CN)Oc1nc(-c2cccc(C#N)c2)nc(N)c1C(=O)NOCC(C)(C)O. The van der Waals surface area contributed by atoms with Crippen molar-refractivity contribution in [2.45, 2.75) is 32.5 Å². The van der Waals surface area contributed by atoms with Gasteiger partial charge in [-0.1, -0.05) is 12.1 Å². The Labute approximate surface area is 168 Å². The summed E-state index contributed by atoms with van der Waals surface area (Å²) in [6, 6.07) is 8.66. The van der Waals surface area contributed by atoms with Gasteiger partial charge >= 0.3 is 0 Å². The summed E-state index contributed by atoms with van der Waals surface area (Å²) in [4.78, 5) is 26.1. The van der Waals surface area contributed by atoms with E-state index in [-0.39, 0.29) is 36.2 Å². The number of nitrogens with zero attached hydrogens (tertiary/aromatic N) is 3. The standard InChI is InChI=1S/C19H24N6O4/c1-11(8-20)29-18-14(17(26)25-28-10-19(2,3)27)15(22)23-16(24-18)13-6-4-5-12(7-13)9-21/h4-7,11,27H,8,10,20H2,1-3H3,(H,25,26)(H2,22,23,24)/t11-/m0/s1. The first-order valence-corrected chi connectivity index (χ1v) is 8.84. The maximum Gasteiger partial charge on any atom is 0.284 e. The molecule has 0 fully saturated rings. The number of aromatic nitrogens is 2. The molecule has 0 saturated carbocycles.